The van der Waals surface area contributed by atoms with Crippen LogP contribution in [0.3, 0.4) is 0 Å². The first-order valence-electron chi connectivity index (χ1n) is 9.44. The second-order valence-electron chi connectivity index (χ2n) is 7.17. The number of carbonyl (C=O) groups excluding carboxylic acids is 1. The van der Waals surface area contributed by atoms with Crippen LogP contribution >= 0.6 is 0 Å². The van der Waals surface area contributed by atoms with Gasteiger partial charge >= 0.3 is 0 Å². The van der Waals surface area contributed by atoms with Crippen LogP contribution in [0, 0.1) is 5.82 Å². The van der Waals surface area contributed by atoms with Crippen LogP contribution in [0.1, 0.15) is 17.4 Å². The number of hydrogen-bond acceptors (Lipinski definition) is 4. The summed E-state index contributed by atoms with van der Waals surface area (Å²) >= 11 is 0. The number of halogens is 1. The fourth-order valence-corrected chi connectivity index (χ4v) is 3.57. The maximum atomic E-state index is 13.4. The summed E-state index contributed by atoms with van der Waals surface area (Å²) in [6.07, 6.45) is 0. The number of nitrogens with one attached hydrogen (secondary N) is 2. The molecule has 1 saturated heterocycles. The Kier molecular flexibility index (Phi) is 5.15. The van der Waals surface area contributed by atoms with E-state index in [0.29, 0.717) is 18.3 Å². The molecule has 1 aliphatic rings. The molecule has 4 rings (SSSR count). The third-order valence-corrected chi connectivity index (χ3v) is 5.16. The summed E-state index contributed by atoms with van der Waals surface area (Å²) in [7, 11) is 1.79. The zero-order chi connectivity index (χ0) is 19.7. The molecule has 1 fully saturated rings. The number of fused-ring (bicyclic) bond motifs is 1. The molecule has 2 N–H and O–H groups in total. The van der Waals surface area contributed by atoms with Gasteiger partial charge in [0.1, 0.15) is 5.82 Å². The number of amides is 1. The van der Waals surface area contributed by atoms with Gasteiger partial charge in [-0.05, 0) is 37.3 Å². The second-order valence-corrected chi connectivity index (χ2v) is 7.17. The van der Waals surface area contributed by atoms with Crippen molar-refractivity contribution in [3.05, 3.63) is 41.8 Å². The lowest BCUT2D eigenvalue weighted by Gasteiger charge is -2.33. The smallest absolute Gasteiger partial charge is 0.271 e. The summed E-state index contributed by atoms with van der Waals surface area (Å²) < 4.78 is 20.5. The molecule has 2 aromatic heterocycles. The number of hydrogen-bond donors (Lipinski definition) is 2. The maximum absolute atomic E-state index is 13.4. The zero-order valence-electron chi connectivity index (χ0n) is 16.0. The van der Waals surface area contributed by atoms with E-state index in [4.69, 9.17) is 4.74 Å². The first-order valence-corrected chi connectivity index (χ1v) is 9.44. The van der Waals surface area contributed by atoms with Crippen LogP contribution in [0.25, 0.3) is 22.3 Å². The Morgan fingerprint density at radius 3 is 3.07 bits per heavy atom. The van der Waals surface area contributed by atoms with Gasteiger partial charge in [-0.3, -0.25) is 14.4 Å². The molecule has 0 spiro atoms. The molecule has 1 atom stereocenters. The van der Waals surface area contributed by atoms with Crippen LogP contribution in [0.4, 0.5) is 4.39 Å². The van der Waals surface area contributed by atoms with Crippen LogP contribution in [0.15, 0.2) is 30.3 Å². The second kappa shape index (κ2) is 7.73. The zero-order valence-corrected chi connectivity index (χ0v) is 16.0. The first kappa shape index (κ1) is 18.6. The van der Waals surface area contributed by atoms with E-state index in [0.717, 1.165) is 48.6 Å². The molecule has 3 heterocycles. The lowest BCUT2D eigenvalue weighted by atomic mass is 10.2. The molecule has 7 nitrogen and oxygen atoms in total. The Balaban J connectivity index is 1.43. The van der Waals surface area contributed by atoms with Gasteiger partial charge in [-0.1, -0.05) is 0 Å². The third kappa shape index (κ3) is 3.79. The highest BCUT2D eigenvalue weighted by Crippen LogP contribution is 2.25. The van der Waals surface area contributed by atoms with Gasteiger partial charge < -0.3 is 15.0 Å². The van der Waals surface area contributed by atoms with Crippen LogP contribution in [0.5, 0.6) is 0 Å². The van der Waals surface area contributed by atoms with Crippen molar-refractivity contribution in [2.45, 2.75) is 13.0 Å². The number of aromatic nitrogens is 3. The lowest BCUT2D eigenvalue weighted by Crippen LogP contribution is -2.46. The predicted octanol–water partition coefficient (Wildman–Crippen LogP) is 2.16. The van der Waals surface area contributed by atoms with Crippen molar-refractivity contribution < 1.29 is 13.9 Å². The Morgan fingerprint density at radius 1 is 1.39 bits per heavy atom. The number of carbonyl (C=O) groups is 1. The Bertz CT molecular complexity index is 996. The molecular formula is C20H24FN5O2. The molecule has 3 aromatic rings. The summed E-state index contributed by atoms with van der Waals surface area (Å²) in [5, 5.41) is 8.05. The van der Waals surface area contributed by atoms with Crippen molar-refractivity contribution in [2.75, 3.05) is 32.8 Å². The molecule has 0 saturated carbocycles. The quantitative estimate of drug-likeness (QED) is 0.706. The average Bonchev–Trinajstić information content (AvgIpc) is 3.26. The highest BCUT2D eigenvalue weighted by molar-refractivity contribution is 5.94. The van der Waals surface area contributed by atoms with Gasteiger partial charge in [0.25, 0.3) is 5.91 Å². The highest BCUT2D eigenvalue weighted by Gasteiger charge is 2.19. The van der Waals surface area contributed by atoms with E-state index in [1.54, 1.807) is 23.9 Å². The highest BCUT2D eigenvalue weighted by atomic mass is 19.1. The van der Waals surface area contributed by atoms with Gasteiger partial charge in [-0.15, -0.1) is 0 Å². The molecule has 28 heavy (non-hydrogen) atoms. The third-order valence-electron chi connectivity index (χ3n) is 5.16. The summed E-state index contributed by atoms with van der Waals surface area (Å²) in [5.41, 5.74) is 2.75. The van der Waals surface area contributed by atoms with E-state index in [-0.39, 0.29) is 11.7 Å². The van der Waals surface area contributed by atoms with E-state index in [9.17, 15) is 9.18 Å². The minimum absolute atomic E-state index is 0.204. The predicted molar refractivity (Wildman–Crippen MR) is 105 cm³/mol. The summed E-state index contributed by atoms with van der Waals surface area (Å²) in [6, 6.07) is 8.56. The van der Waals surface area contributed by atoms with Gasteiger partial charge in [-0.25, -0.2) is 4.39 Å². The Labute approximate surface area is 162 Å². The topological polar surface area (TPSA) is 75.2 Å². The molecule has 1 unspecified atom stereocenters. The van der Waals surface area contributed by atoms with Crippen molar-refractivity contribution in [3.8, 4) is 11.4 Å². The van der Waals surface area contributed by atoms with E-state index >= 15 is 0 Å². The number of aryl methyl sites for hydroxylation is 1. The van der Waals surface area contributed by atoms with Gasteiger partial charge in [0.2, 0.25) is 0 Å². The fraction of sp³-hybridized carbons (Fsp3) is 0.400. The van der Waals surface area contributed by atoms with Crippen LogP contribution in [-0.4, -0.2) is 64.5 Å². The first-order chi connectivity index (χ1) is 13.5. The maximum Gasteiger partial charge on any atom is 0.271 e. The molecule has 1 amide bonds. The molecule has 1 aromatic carbocycles. The van der Waals surface area contributed by atoms with E-state index in [1.807, 2.05) is 6.07 Å². The minimum Gasteiger partial charge on any atom is -0.379 e. The minimum atomic E-state index is -0.280. The summed E-state index contributed by atoms with van der Waals surface area (Å²) in [4.78, 5) is 18.0. The SMILES string of the molecule is CC1COCCN1CCNC(=O)c1cc(-c2cc3cc(F)ccc3[nH]2)n(C)n1. The number of benzene rings is 1. The molecule has 8 heteroatoms. The standard InChI is InChI=1S/C20H24FN5O2/c1-13-12-28-8-7-26(13)6-5-22-20(27)18-11-19(25(2)24-18)17-10-14-9-15(21)3-4-16(14)23-17/h3-4,9-11,13,23H,5-8,12H2,1-2H3,(H,22,27). The van der Waals surface area contributed by atoms with Crippen molar-refractivity contribution in [3.63, 3.8) is 0 Å². The van der Waals surface area contributed by atoms with Crippen LogP contribution < -0.4 is 5.32 Å². The molecular weight excluding hydrogens is 361 g/mol. The van der Waals surface area contributed by atoms with Gasteiger partial charge in [-0.2, -0.15) is 5.10 Å². The number of aromatic amines is 1. The number of morpholine rings is 1. The number of rotatable bonds is 5. The fourth-order valence-electron chi connectivity index (χ4n) is 3.57. The normalized spacial score (nSPS) is 17.9. The Morgan fingerprint density at radius 2 is 2.25 bits per heavy atom. The van der Waals surface area contributed by atoms with Crippen molar-refractivity contribution >= 4 is 16.8 Å². The Hall–Kier alpha value is -2.71. The van der Waals surface area contributed by atoms with Crippen LogP contribution in [0.2, 0.25) is 0 Å². The number of nitrogens with zero attached hydrogens (tertiary/aromatic N) is 3. The molecule has 148 valence electrons. The molecule has 1 aliphatic heterocycles. The molecule has 0 radical (unpaired) electrons. The largest absolute Gasteiger partial charge is 0.379 e. The van der Waals surface area contributed by atoms with Crippen molar-refractivity contribution in [1.82, 2.24) is 25.0 Å². The van der Waals surface area contributed by atoms with Gasteiger partial charge in [0, 0.05) is 43.6 Å². The summed E-state index contributed by atoms with van der Waals surface area (Å²) in [5.74, 6) is -0.484. The number of ether oxygens (including phenoxy) is 1. The average molecular weight is 385 g/mol. The van der Waals surface area contributed by atoms with E-state index in [1.165, 1.54) is 12.1 Å². The monoisotopic (exact) mass is 385 g/mol. The molecule has 0 aliphatic carbocycles. The number of H-pyrrole nitrogens is 1. The van der Waals surface area contributed by atoms with E-state index in [2.05, 4.69) is 27.2 Å². The lowest BCUT2D eigenvalue weighted by molar-refractivity contribution is 0.000534. The van der Waals surface area contributed by atoms with Crippen LogP contribution in [-0.2, 0) is 11.8 Å². The molecule has 0 bridgehead atoms. The van der Waals surface area contributed by atoms with Gasteiger partial charge in [0.15, 0.2) is 5.69 Å². The van der Waals surface area contributed by atoms with Gasteiger partial charge in [0.05, 0.1) is 24.6 Å². The van der Waals surface area contributed by atoms with Crippen molar-refractivity contribution in [2.24, 2.45) is 7.05 Å². The van der Waals surface area contributed by atoms with Crippen molar-refractivity contribution in [1.29, 1.82) is 0 Å². The summed E-state index contributed by atoms with van der Waals surface area (Å²) in [6.45, 7) is 5.80. The van der Waals surface area contributed by atoms with E-state index < -0.39 is 0 Å².